The largest absolute Gasteiger partial charge is 0.378 e. The molecule has 0 bridgehead atoms. The van der Waals surface area contributed by atoms with Gasteiger partial charge in [0, 0.05) is 25.0 Å². The van der Waals surface area contributed by atoms with Crippen LogP contribution >= 0.6 is 0 Å². The summed E-state index contributed by atoms with van der Waals surface area (Å²) in [6, 6.07) is 0.500. The van der Waals surface area contributed by atoms with Crippen molar-refractivity contribution in [1.29, 1.82) is 0 Å². The van der Waals surface area contributed by atoms with Crippen molar-refractivity contribution in [3.63, 3.8) is 0 Å². The molecule has 5 heteroatoms. The minimum atomic E-state index is 0.0984. The van der Waals surface area contributed by atoms with Gasteiger partial charge < -0.3 is 20.1 Å². The van der Waals surface area contributed by atoms with Crippen molar-refractivity contribution in [2.45, 2.75) is 33.7 Å². The van der Waals surface area contributed by atoms with Gasteiger partial charge in [0.2, 0.25) is 0 Å². The molecule has 0 spiro atoms. The Hall–Kier alpha value is -0.490. The third-order valence-electron chi connectivity index (χ3n) is 2.54. The number of carbonyl (C=O) groups excluding carboxylic acids is 1. The molecule has 0 aromatic rings. The first kappa shape index (κ1) is 18.5. The van der Waals surface area contributed by atoms with Crippen molar-refractivity contribution in [1.82, 2.24) is 10.6 Å². The van der Waals surface area contributed by atoms with E-state index in [4.69, 9.17) is 9.47 Å². The van der Waals surface area contributed by atoms with Crippen molar-refractivity contribution < 1.29 is 14.3 Å². The van der Waals surface area contributed by atoms with Gasteiger partial charge in [-0.05, 0) is 0 Å². The Morgan fingerprint density at radius 3 is 2.05 bits per heavy atom. The summed E-state index contributed by atoms with van der Waals surface area (Å²) >= 11 is 0. The van der Waals surface area contributed by atoms with Gasteiger partial charge in [0.25, 0.3) is 0 Å². The fourth-order valence-electron chi connectivity index (χ4n) is 1.30. The van der Waals surface area contributed by atoms with Crippen molar-refractivity contribution in [3.8, 4) is 0 Å². The molecule has 0 aliphatic rings. The van der Waals surface area contributed by atoms with E-state index in [0.29, 0.717) is 45.6 Å². The third kappa shape index (κ3) is 13.7. The number of ketones is 1. The standard InChI is InChI=1S/C14H30N2O3/c1-12(2)14(17)11-15-5-7-18-9-10-19-8-6-16-13(3)4/h12-13,15-16H,5-11H2,1-4H3. The average molecular weight is 274 g/mol. The van der Waals surface area contributed by atoms with Crippen molar-refractivity contribution in [3.05, 3.63) is 0 Å². The van der Waals surface area contributed by atoms with Gasteiger partial charge >= 0.3 is 0 Å². The highest BCUT2D eigenvalue weighted by Gasteiger charge is 2.05. The van der Waals surface area contributed by atoms with Crippen LogP contribution in [0, 0.1) is 5.92 Å². The Morgan fingerprint density at radius 2 is 1.53 bits per heavy atom. The van der Waals surface area contributed by atoms with Gasteiger partial charge in [0.1, 0.15) is 5.78 Å². The number of hydrogen-bond acceptors (Lipinski definition) is 5. The normalized spacial score (nSPS) is 11.5. The van der Waals surface area contributed by atoms with E-state index in [1.165, 1.54) is 0 Å². The van der Waals surface area contributed by atoms with E-state index in [-0.39, 0.29) is 11.7 Å². The van der Waals surface area contributed by atoms with E-state index in [2.05, 4.69) is 24.5 Å². The Kier molecular flexibility index (Phi) is 12.2. The van der Waals surface area contributed by atoms with Gasteiger partial charge in [0.05, 0.1) is 33.0 Å². The number of rotatable bonds is 13. The van der Waals surface area contributed by atoms with Crippen LogP contribution in [0.4, 0.5) is 0 Å². The lowest BCUT2D eigenvalue weighted by Crippen LogP contribution is -2.29. The highest BCUT2D eigenvalue weighted by atomic mass is 16.5. The van der Waals surface area contributed by atoms with E-state index in [1.807, 2.05) is 13.8 Å². The summed E-state index contributed by atoms with van der Waals surface area (Å²) in [5.74, 6) is 0.335. The third-order valence-corrected chi connectivity index (χ3v) is 2.54. The zero-order chi connectivity index (χ0) is 14.5. The van der Waals surface area contributed by atoms with Crippen LogP contribution in [0.3, 0.4) is 0 Å². The van der Waals surface area contributed by atoms with Crippen LogP contribution in [0.2, 0.25) is 0 Å². The van der Waals surface area contributed by atoms with E-state index in [0.717, 1.165) is 6.54 Å². The van der Waals surface area contributed by atoms with Crippen LogP contribution in [-0.4, -0.2) is 57.9 Å². The summed E-state index contributed by atoms with van der Waals surface area (Å²) < 4.78 is 10.8. The molecule has 114 valence electrons. The molecule has 0 aromatic heterocycles. The molecule has 0 saturated heterocycles. The lowest BCUT2D eigenvalue weighted by atomic mass is 10.1. The molecule has 0 aliphatic carbocycles. The molecule has 0 amide bonds. The maximum Gasteiger partial charge on any atom is 0.149 e. The van der Waals surface area contributed by atoms with Crippen LogP contribution in [0.1, 0.15) is 27.7 Å². The molecule has 0 saturated carbocycles. The highest BCUT2D eigenvalue weighted by Crippen LogP contribution is 1.91. The molecule has 0 fully saturated rings. The Balaban J connectivity index is 3.09. The Morgan fingerprint density at radius 1 is 0.947 bits per heavy atom. The van der Waals surface area contributed by atoms with Crippen molar-refractivity contribution in [2.75, 3.05) is 46.1 Å². The summed E-state index contributed by atoms with van der Waals surface area (Å²) in [6.07, 6.45) is 0. The molecule has 0 unspecified atom stereocenters. The van der Waals surface area contributed by atoms with Crippen molar-refractivity contribution in [2.24, 2.45) is 5.92 Å². The number of ether oxygens (including phenoxy) is 2. The van der Waals surface area contributed by atoms with Crippen LogP contribution in [0.25, 0.3) is 0 Å². The number of hydrogen-bond donors (Lipinski definition) is 2. The lowest BCUT2D eigenvalue weighted by molar-refractivity contribution is -0.121. The SMILES string of the molecule is CC(C)NCCOCCOCCNCC(=O)C(C)C. The van der Waals surface area contributed by atoms with Gasteiger partial charge in [-0.25, -0.2) is 0 Å². The van der Waals surface area contributed by atoms with Crippen LogP contribution in [-0.2, 0) is 14.3 Å². The second kappa shape index (κ2) is 12.5. The number of carbonyl (C=O) groups is 1. The zero-order valence-corrected chi connectivity index (χ0v) is 12.8. The molecule has 0 atom stereocenters. The molecule has 0 heterocycles. The monoisotopic (exact) mass is 274 g/mol. The summed E-state index contributed by atoms with van der Waals surface area (Å²) in [6.45, 7) is 12.6. The predicted octanol–water partition coefficient (Wildman–Crippen LogP) is 0.832. The van der Waals surface area contributed by atoms with Crippen LogP contribution in [0.15, 0.2) is 0 Å². The molecule has 19 heavy (non-hydrogen) atoms. The minimum Gasteiger partial charge on any atom is -0.378 e. The highest BCUT2D eigenvalue weighted by molar-refractivity contribution is 5.82. The Bertz CT molecular complexity index is 221. The molecular weight excluding hydrogens is 244 g/mol. The van der Waals surface area contributed by atoms with E-state index in [9.17, 15) is 4.79 Å². The average Bonchev–Trinajstić information content (AvgIpc) is 2.35. The second-order valence-corrected chi connectivity index (χ2v) is 5.13. The van der Waals surface area contributed by atoms with Gasteiger partial charge in [0.15, 0.2) is 0 Å². The molecule has 0 aliphatic heterocycles. The first-order valence-corrected chi connectivity index (χ1v) is 7.16. The van der Waals surface area contributed by atoms with Crippen LogP contribution < -0.4 is 10.6 Å². The summed E-state index contributed by atoms with van der Waals surface area (Å²) in [5.41, 5.74) is 0. The van der Waals surface area contributed by atoms with Crippen LogP contribution in [0.5, 0.6) is 0 Å². The molecule has 0 rings (SSSR count). The molecule has 2 N–H and O–H groups in total. The van der Waals surface area contributed by atoms with Gasteiger partial charge in [-0.15, -0.1) is 0 Å². The van der Waals surface area contributed by atoms with Gasteiger partial charge in [-0.2, -0.15) is 0 Å². The fourth-order valence-corrected chi connectivity index (χ4v) is 1.30. The summed E-state index contributed by atoms with van der Waals surface area (Å²) in [4.78, 5) is 11.3. The second-order valence-electron chi connectivity index (χ2n) is 5.13. The van der Waals surface area contributed by atoms with E-state index in [1.54, 1.807) is 0 Å². The quantitative estimate of drug-likeness (QED) is 0.487. The zero-order valence-electron chi connectivity index (χ0n) is 12.8. The van der Waals surface area contributed by atoms with E-state index < -0.39 is 0 Å². The fraction of sp³-hybridized carbons (Fsp3) is 0.929. The predicted molar refractivity (Wildman–Crippen MR) is 77.5 cm³/mol. The maximum absolute atomic E-state index is 11.3. The number of nitrogens with one attached hydrogen (secondary N) is 2. The molecule has 0 radical (unpaired) electrons. The Labute approximate surface area is 117 Å². The summed E-state index contributed by atoms with van der Waals surface area (Å²) in [5, 5.41) is 6.34. The minimum absolute atomic E-state index is 0.0984. The maximum atomic E-state index is 11.3. The van der Waals surface area contributed by atoms with Gasteiger partial charge in [-0.3, -0.25) is 4.79 Å². The first-order chi connectivity index (χ1) is 9.04. The first-order valence-electron chi connectivity index (χ1n) is 7.16. The molecule has 0 aromatic carbocycles. The summed E-state index contributed by atoms with van der Waals surface area (Å²) in [7, 11) is 0. The van der Waals surface area contributed by atoms with E-state index >= 15 is 0 Å². The molecular formula is C14H30N2O3. The smallest absolute Gasteiger partial charge is 0.149 e. The van der Waals surface area contributed by atoms with Gasteiger partial charge in [-0.1, -0.05) is 27.7 Å². The molecule has 5 nitrogen and oxygen atoms in total. The lowest BCUT2D eigenvalue weighted by Gasteiger charge is -2.09. The number of Topliss-reactive ketones (excluding diaryl/α,β-unsaturated/α-hetero) is 1. The topological polar surface area (TPSA) is 59.6 Å². The van der Waals surface area contributed by atoms with Crippen molar-refractivity contribution >= 4 is 5.78 Å².